The molecule has 6 heterocycles. The summed E-state index contributed by atoms with van der Waals surface area (Å²) in [5.41, 5.74) is 7.86. The zero-order valence-corrected chi connectivity index (χ0v) is 26.1. The minimum absolute atomic E-state index is 0. The van der Waals surface area contributed by atoms with Crippen molar-refractivity contribution in [2.45, 2.75) is 46.0 Å². The van der Waals surface area contributed by atoms with Crippen LogP contribution in [0.5, 0.6) is 0 Å². The Hall–Kier alpha value is -3.08. The van der Waals surface area contributed by atoms with E-state index in [1.807, 2.05) is 59.9 Å². The van der Waals surface area contributed by atoms with Gasteiger partial charge in [-0.15, -0.1) is 11.3 Å². The zero-order valence-electron chi connectivity index (χ0n) is 22.3. The summed E-state index contributed by atoms with van der Waals surface area (Å²) in [5, 5.41) is 2.17. The Morgan fingerprint density at radius 1 is 0.658 bits per heavy atom. The number of hydrogen-bond donors (Lipinski definition) is 2. The van der Waals surface area contributed by atoms with Gasteiger partial charge >= 0.3 is 0 Å². The summed E-state index contributed by atoms with van der Waals surface area (Å²) >= 11 is 1.89. The van der Waals surface area contributed by atoms with Gasteiger partial charge in [-0.05, 0) is 103 Å². The number of nitrogens with one attached hydrogen (secondary N) is 2. The number of H-pyrrole nitrogens is 2. The molecule has 6 heteroatoms. The second-order valence-electron chi connectivity index (χ2n) is 9.98. The van der Waals surface area contributed by atoms with Gasteiger partial charge in [-0.25, -0.2) is 9.97 Å². The molecule has 0 aromatic carbocycles. The smallest absolute Gasteiger partial charge is 0.0658 e. The number of aromatic amines is 2. The van der Waals surface area contributed by atoms with E-state index in [0.717, 1.165) is 50.8 Å². The summed E-state index contributed by atoms with van der Waals surface area (Å²) in [4.78, 5) is 17.6. The molecule has 0 atom stereocenters. The summed E-state index contributed by atoms with van der Waals surface area (Å²) in [7, 11) is 0. The fourth-order valence-electron chi connectivity index (χ4n) is 4.43. The van der Waals surface area contributed by atoms with Gasteiger partial charge in [-0.2, -0.15) is 0 Å². The number of unbranched alkanes of at least 4 members (excludes halogenated alkanes) is 2. The Bertz CT molecular complexity index is 1370. The molecule has 38 heavy (non-hydrogen) atoms. The van der Waals surface area contributed by atoms with E-state index in [9.17, 15) is 0 Å². The molecule has 2 aliphatic heterocycles. The molecule has 0 unspecified atom stereocenters. The molecule has 6 rings (SSSR count). The average molecular weight is 572 g/mol. The molecule has 190 valence electrons. The van der Waals surface area contributed by atoms with Gasteiger partial charge in [0.2, 0.25) is 0 Å². The van der Waals surface area contributed by atoms with E-state index in [1.54, 1.807) is 4.88 Å². The summed E-state index contributed by atoms with van der Waals surface area (Å²) in [6, 6.07) is 20.8. The average Bonchev–Trinajstić information content (AvgIpc) is 3.69. The molecule has 4 aromatic rings. The number of fused-ring (bicyclic) bond motifs is 8. The third-order valence-electron chi connectivity index (χ3n) is 6.33. The maximum absolute atomic E-state index is 4.63. The number of rotatable bonds is 6. The molecule has 4 nitrogen and oxygen atoms in total. The van der Waals surface area contributed by atoms with Crippen molar-refractivity contribution >= 4 is 57.7 Å². The van der Waals surface area contributed by atoms with Crippen LogP contribution in [0.25, 0.3) is 46.4 Å². The Morgan fingerprint density at radius 2 is 1.13 bits per heavy atom. The Kier molecular flexibility index (Phi) is 10.0. The van der Waals surface area contributed by atoms with Gasteiger partial charge in [0, 0.05) is 46.4 Å². The summed E-state index contributed by atoms with van der Waals surface area (Å²) in [5.74, 6) is 0.877. The quantitative estimate of drug-likeness (QED) is 0.155. The van der Waals surface area contributed by atoms with E-state index in [-0.39, 0.29) is 19.5 Å². The minimum Gasteiger partial charge on any atom is -0.355 e. The van der Waals surface area contributed by atoms with Crippen molar-refractivity contribution in [3.8, 4) is 0 Å². The van der Waals surface area contributed by atoms with Crippen molar-refractivity contribution in [1.29, 1.82) is 0 Å². The van der Waals surface area contributed by atoms with Crippen LogP contribution in [0.15, 0.2) is 66.0 Å². The molecule has 0 radical (unpaired) electrons. The van der Waals surface area contributed by atoms with Crippen LogP contribution in [-0.4, -0.2) is 19.9 Å². The molecule has 0 spiro atoms. The number of aromatic nitrogens is 4. The second kappa shape index (κ2) is 13.6. The summed E-state index contributed by atoms with van der Waals surface area (Å²) in [6.07, 6.45) is 14.9. The molecular formula is C32H34N4SZn. The SMILES string of the molecule is C1=Cc2cc3ccc(cc4nc(cc5ccc(cc1n2)[nH]5)C=C4)[nH]3.CC(C)CCCCCc1cccs1.[Zn]. The molecule has 8 bridgehead atoms. The van der Waals surface area contributed by atoms with Crippen LogP contribution < -0.4 is 0 Å². The maximum atomic E-state index is 4.63. The molecule has 0 fully saturated rings. The normalized spacial score (nSPS) is 11.8. The van der Waals surface area contributed by atoms with Crippen molar-refractivity contribution in [3.05, 3.63) is 93.7 Å². The minimum atomic E-state index is 0. The maximum Gasteiger partial charge on any atom is 0.0658 e. The van der Waals surface area contributed by atoms with Crippen LogP contribution >= 0.6 is 11.3 Å². The van der Waals surface area contributed by atoms with Gasteiger partial charge in [0.05, 0.1) is 22.8 Å². The number of aryl methyl sites for hydroxylation is 1. The summed E-state index contributed by atoms with van der Waals surface area (Å²) in [6.45, 7) is 4.61. The van der Waals surface area contributed by atoms with Crippen LogP contribution in [0.1, 0.15) is 67.2 Å². The molecule has 4 aromatic heterocycles. The van der Waals surface area contributed by atoms with E-state index in [4.69, 9.17) is 0 Å². The van der Waals surface area contributed by atoms with E-state index < -0.39 is 0 Å². The zero-order chi connectivity index (χ0) is 25.5. The first kappa shape index (κ1) is 27.9. The van der Waals surface area contributed by atoms with Gasteiger partial charge in [-0.1, -0.05) is 39.2 Å². The van der Waals surface area contributed by atoms with E-state index in [2.05, 4.69) is 75.6 Å². The van der Waals surface area contributed by atoms with Crippen LogP contribution in [-0.2, 0) is 25.9 Å². The van der Waals surface area contributed by atoms with Crippen LogP contribution in [0.3, 0.4) is 0 Å². The van der Waals surface area contributed by atoms with Gasteiger partial charge in [0.15, 0.2) is 0 Å². The van der Waals surface area contributed by atoms with Crippen molar-refractivity contribution in [2.24, 2.45) is 5.92 Å². The summed E-state index contributed by atoms with van der Waals surface area (Å²) < 4.78 is 0. The van der Waals surface area contributed by atoms with Crippen LogP contribution in [0.2, 0.25) is 0 Å². The van der Waals surface area contributed by atoms with E-state index in [1.165, 1.54) is 32.1 Å². The largest absolute Gasteiger partial charge is 0.355 e. The molecule has 2 aliphatic rings. The Balaban J connectivity index is 0.000000207. The first-order valence-corrected chi connectivity index (χ1v) is 14.0. The third-order valence-corrected chi connectivity index (χ3v) is 7.26. The van der Waals surface area contributed by atoms with Gasteiger partial charge < -0.3 is 9.97 Å². The van der Waals surface area contributed by atoms with Crippen LogP contribution in [0, 0.1) is 5.92 Å². The molecule has 0 amide bonds. The first-order chi connectivity index (χ1) is 18.1. The fraction of sp³-hybridized carbons (Fsp3) is 0.250. The fourth-order valence-corrected chi connectivity index (χ4v) is 5.18. The second-order valence-corrected chi connectivity index (χ2v) is 11.0. The van der Waals surface area contributed by atoms with E-state index in [0.29, 0.717) is 0 Å². The molecular weight excluding hydrogens is 538 g/mol. The third kappa shape index (κ3) is 8.21. The van der Waals surface area contributed by atoms with Crippen molar-refractivity contribution in [2.75, 3.05) is 0 Å². The number of thiophene rings is 1. The molecule has 0 saturated carbocycles. The molecule has 2 N–H and O–H groups in total. The predicted octanol–water partition coefficient (Wildman–Crippen LogP) is 9.16. The van der Waals surface area contributed by atoms with Crippen molar-refractivity contribution in [3.63, 3.8) is 0 Å². The predicted molar refractivity (Wildman–Crippen MR) is 160 cm³/mol. The monoisotopic (exact) mass is 570 g/mol. The van der Waals surface area contributed by atoms with Gasteiger partial charge in [0.1, 0.15) is 0 Å². The van der Waals surface area contributed by atoms with Gasteiger partial charge in [-0.3, -0.25) is 0 Å². The topological polar surface area (TPSA) is 57.4 Å². The Labute approximate surface area is 241 Å². The van der Waals surface area contributed by atoms with Gasteiger partial charge in [0.25, 0.3) is 0 Å². The first-order valence-electron chi connectivity index (χ1n) is 13.2. The number of nitrogens with zero attached hydrogens (tertiary/aromatic N) is 2. The Morgan fingerprint density at radius 3 is 1.53 bits per heavy atom. The number of hydrogen-bond acceptors (Lipinski definition) is 3. The van der Waals surface area contributed by atoms with E-state index >= 15 is 0 Å². The molecule has 0 aliphatic carbocycles. The molecule has 0 saturated heterocycles. The standard InChI is InChI=1S/C20H14N4.C12H20S.Zn/c1-2-14-10-16-5-6-18(23-16)12-20-8-7-19(24-20)11-17-4-3-15(22-17)9-13(1)21-14;1-11(2)7-4-3-5-8-12-9-6-10-13-12;/h1-12,21,24H;6,9-11H,3-5,7-8H2,1-2H3;. The van der Waals surface area contributed by atoms with Crippen LogP contribution in [0.4, 0.5) is 0 Å². The van der Waals surface area contributed by atoms with Crippen molar-refractivity contribution < 1.29 is 19.5 Å². The van der Waals surface area contributed by atoms with Crippen molar-refractivity contribution in [1.82, 2.24) is 19.9 Å².